The van der Waals surface area contributed by atoms with Gasteiger partial charge in [0.25, 0.3) is 0 Å². The van der Waals surface area contributed by atoms with Gasteiger partial charge in [0.15, 0.2) is 0 Å². The third-order valence-corrected chi connectivity index (χ3v) is 4.56. The van der Waals surface area contributed by atoms with E-state index >= 15 is 0 Å². The lowest BCUT2D eigenvalue weighted by atomic mass is 9.93. The summed E-state index contributed by atoms with van der Waals surface area (Å²) >= 11 is 0. The van der Waals surface area contributed by atoms with Gasteiger partial charge in [0.05, 0.1) is 0 Å². The first kappa shape index (κ1) is 16.2. The van der Waals surface area contributed by atoms with Crippen LogP contribution in [-0.2, 0) is 0 Å². The van der Waals surface area contributed by atoms with Crippen LogP contribution in [0.3, 0.4) is 0 Å². The Morgan fingerprint density at radius 2 is 1.53 bits per heavy atom. The van der Waals surface area contributed by atoms with E-state index in [0.29, 0.717) is 24.5 Å². The maximum Gasteiger partial charge on any atom is 0.0473 e. The van der Waals surface area contributed by atoms with Crippen molar-refractivity contribution in [2.45, 2.75) is 53.6 Å². The van der Waals surface area contributed by atoms with Crippen LogP contribution in [0, 0.1) is 26.7 Å². The van der Waals surface area contributed by atoms with E-state index in [4.69, 9.17) is 5.73 Å². The summed E-state index contributed by atoms with van der Waals surface area (Å²) in [7, 11) is 2.19. The topological polar surface area (TPSA) is 29.3 Å². The van der Waals surface area contributed by atoms with Crippen molar-refractivity contribution in [3.63, 3.8) is 0 Å². The third-order valence-electron chi connectivity index (χ3n) is 4.56. The lowest BCUT2D eigenvalue weighted by molar-refractivity contribution is 0.151. The maximum atomic E-state index is 6.06. The van der Waals surface area contributed by atoms with E-state index < -0.39 is 0 Å². The largest absolute Gasteiger partial charge is 0.329 e. The van der Waals surface area contributed by atoms with Crippen molar-refractivity contribution < 1.29 is 0 Å². The molecule has 1 aromatic rings. The minimum Gasteiger partial charge on any atom is -0.329 e. The number of hydrogen-bond acceptors (Lipinski definition) is 2. The van der Waals surface area contributed by atoms with Crippen molar-refractivity contribution in [3.05, 3.63) is 34.4 Å². The molecule has 2 heteroatoms. The number of nitrogens with two attached hydrogens (primary N) is 1. The standard InChI is InChI=1S/C17H30N2/c1-11(2)15(6)19(7)17(10-18)16-9-13(4)12(3)8-14(16)5/h8-9,11,15,17H,10,18H2,1-7H3. The van der Waals surface area contributed by atoms with E-state index in [9.17, 15) is 0 Å². The Kier molecular flexibility index (Phi) is 5.57. The van der Waals surface area contributed by atoms with Crippen LogP contribution in [0.15, 0.2) is 12.1 Å². The van der Waals surface area contributed by atoms with Crippen LogP contribution in [0.1, 0.15) is 49.1 Å². The molecule has 0 saturated heterocycles. The van der Waals surface area contributed by atoms with Gasteiger partial charge in [-0.3, -0.25) is 4.90 Å². The molecule has 0 bridgehead atoms. The van der Waals surface area contributed by atoms with Gasteiger partial charge in [-0.05, 0) is 62.9 Å². The van der Waals surface area contributed by atoms with Crippen molar-refractivity contribution in [3.8, 4) is 0 Å². The van der Waals surface area contributed by atoms with Crippen molar-refractivity contribution in [2.75, 3.05) is 13.6 Å². The lowest BCUT2D eigenvalue weighted by Gasteiger charge is -2.36. The SMILES string of the molecule is Cc1cc(C)c(C(CN)N(C)C(C)C(C)C)cc1C. The first-order valence-corrected chi connectivity index (χ1v) is 7.29. The fraction of sp³-hybridized carbons (Fsp3) is 0.647. The molecule has 0 aliphatic rings. The van der Waals surface area contributed by atoms with Crippen LogP contribution in [0.25, 0.3) is 0 Å². The highest BCUT2D eigenvalue weighted by Crippen LogP contribution is 2.27. The van der Waals surface area contributed by atoms with E-state index in [0.717, 1.165) is 0 Å². The lowest BCUT2D eigenvalue weighted by Crippen LogP contribution is -2.40. The van der Waals surface area contributed by atoms with E-state index in [1.165, 1.54) is 22.3 Å². The molecule has 0 radical (unpaired) electrons. The van der Waals surface area contributed by atoms with E-state index in [-0.39, 0.29) is 0 Å². The average Bonchev–Trinajstić information content (AvgIpc) is 2.34. The van der Waals surface area contributed by atoms with Crippen molar-refractivity contribution >= 4 is 0 Å². The molecular formula is C17H30N2. The van der Waals surface area contributed by atoms with E-state index in [1.54, 1.807) is 0 Å². The van der Waals surface area contributed by atoms with Crippen LogP contribution >= 0.6 is 0 Å². The van der Waals surface area contributed by atoms with Gasteiger partial charge in [-0.2, -0.15) is 0 Å². The summed E-state index contributed by atoms with van der Waals surface area (Å²) in [4.78, 5) is 2.42. The summed E-state index contributed by atoms with van der Waals surface area (Å²) < 4.78 is 0. The highest BCUT2D eigenvalue weighted by Gasteiger charge is 2.23. The summed E-state index contributed by atoms with van der Waals surface area (Å²) in [5, 5.41) is 0. The zero-order valence-electron chi connectivity index (χ0n) is 13.6. The molecule has 0 amide bonds. The molecule has 0 fully saturated rings. The van der Waals surface area contributed by atoms with Crippen LogP contribution < -0.4 is 5.73 Å². The van der Waals surface area contributed by atoms with Gasteiger partial charge in [0.1, 0.15) is 0 Å². The molecule has 0 heterocycles. The normalized spacial score (nSPS) is 15.1. The second-order valence-electron chi connectivity index (χ2n) is 6.19. The first-order chi connectivity index (χ1) is 8.79. The Balaban J connectivity index is 3.13. The molecule has 2 atom stereocenters. The van der Waals surface area contributed by atoms with E-state index in [1.807, 2.05) is 0 Å². The molecule has 19 heavy (non-hydrogen) atoms. The first-order valence-electron chi connectivity index (χ1n) is 7.29. The predicted octanol–water partition coefficient (Wildman–Crippen LogP) is 3.59. The van der Waals surface area contributed by atoms with Crippen molar-refractivity contribution in [2.24, 2.45) is 11.7 Å². The summed E-state index contributed by atoms with van der Waals surface area (Å²) in [6, 6.07) is 5.42. The monoisotopic (exact) mass is 262 g/mol. The Morgan fingerprint density at radius 1 is 1.00 bits per heavy atom. The second-order valence-corrected chi connectivity index (χ2v) is 6.19. The van der Waals surface area contributed by atoms with Crippen LogP contribution in [0.2, 0.25) is 0 Å². The number of benzene rings is 1. The van der Waals surface area contributed by atoms with Crippen LogP contribution in [0.4, 0.5) is 0 Å². The number of likely N-dealkylation sites (N-methyl/N-ethyl adjacent to an activating group) is 1. The van der Waals surface area contributed by atoms with Crippen molar-refractivity contribution in [1.29, 1.82) is 0 Å². The second kappa shape index (κ2) is 6.53. The molecule has 1 aromatic carbocycles. The van der Waals surface area contributed by atoms with Gasteiger partial charge >= 0.3 is 0 Å². The number of nitrogens with zero attached hydrogens (tertiary/aromatic N) is 1. The molecule has 0 aliphatic heterocycles. The fourth-order valence-electron chi connectivity index (χ4n) is 2.61. The Labute approximate surface area is 119 Å². The smallest absolute Gasteiger partial charge is 0.0473 e. The van der Waals surface area contributed by atoms with Crippen LogP contribution in [-0.4, -0.2) is 24.5 Å². The van der Waals surface area contributed by atoms with Crippen LogP contribution in [0.5, 0.6) is 0 Å². The van der Waals surface area contributed by atoms with Gasteiger partial charge in [-0.25, -0.2) is 0 Å². The van der Waals surface area contributed by atoms with Gasteiger partial charge < -0.3 is 5.73 Å². The average molecular weight is 262 g/mol. The molecule has 1 rings (SSSR count). The zero-order chi connectivity index (χ0) is 14.7. The molecule has 2 nitrogen and oxygen atoms in total. The molecule has 0 saturated carbocycles. The Bertz CT molecular complexity index is 424. The summed E-state index contributed by atoms with van der Waals surface area (Å²) in [5.74, 6) is 0.630. The Morgan fingerprint density at radius 3 is 2.00 bits per heavy atom. The fourth-order valence-corrected chi connectivity index (χ4v) is 2.61. The highest BCUT2D eigenvalue weighted by atomic mass is 15.2. The summed E-state index contributed by atoms with van der Waals surface area (Å²) in [5.41, 5.74) is 11.5. The van der Waals surface area contributed by atoms with Crippen molar-refractivity contribution in [1.82, 2.24) is 4.90 Å². The van der Waals surface area contributed by atoms with Gasteiger partial charge in [0, 0.05) is 18.6 Å². The van der Waals surface area contributed by atoms with Gasteiger partial charge in [-0.15, -0.1) is 0 Å². The minimum atomic E-state index is 0.302. The molecule has 0 aromatic heterocycles. The molecule has 0 aliphatic carbocycles. The third kappa shape index (κ3) is 3.58. The van der Waals surface area contributed by atoms with Gasteiger partial charge in [-0.1, -0.05) is 26.0 Å². The molecule has 2 N–H and O–H groups in total. The molecular weight excluding hydrogens is 232 g/mol. The number of hydrogen-bond donors (Lipinski definition) is 1. The quantitative estimate of drug-likeness (QED) is 0.878. The number of rotatable bonds is 5. The minimum absolute atomic E-state index is 0.302. The molecule has 0 spiro atoms. The van der Waals surface area contributed by atoms with Gasteiger partial charge in [0.2, 0.25) is 0 Å². The summed E-state index contributed by atoms with van der Waals surface area (Å²) in [6.07, 6.45) is 0. The summed E-state index contributed by atoms with van der Waals surface area (Å²) in [6.45, 7) is 14.0. The number of aryl methyl sites for hydroxylation is 3. The molecule has 108 valence electrons. The molecule has 2 unspecified atom stereocenters. The zero-order valence-corrected chi connectivity index (χ0v) is 13.6. The Hall–Kier alpha value is -0.860. The predicted molar refractivity (Wildman–Crippen MR) is 84.5 cm³/mol. The van der Waals surface area contributed by atoms with E-state index in [2.05, 4.69) is 65.6 Å². The highest BCUT2D eigenvalue weighted by molar-refractivity contribution is 5.38. The maximum absolute atomic E-state index is 6.06.